The molecule has 1 amide bonds. The Kier molecular flexibility index (Phi) is 4.41. The van der Waals surface area contributed by atoms with Crippen molar-refractivity contribution in [1.82, 2.24) is 4.90 Å². The van der Waals surface area contributed by atoms with Crippen LogP contribution in [-0.4, -0.2) is 50.1 Å². The predicted molar refractivity (Wildman–Crippen MR) is 82.7 cm³/mol. The molecule has 1 aromatic carbocycles. The smallest absolute Gasteiger partial charge is 0.231 e. The van der Waals surface area contributed by atoms with Gasteiger partial charge in [0, 0.05) is 25.3 Å². The van der Waals surface area contributed by atoms with E-state index in [0.29, 0.717) is 19.6 Å². The highest BCUT2D eigenvalue weighted by Crippen LogP contribution is 2.32. The number of benzene rings is 1. The molecule has 5 heteroatoms. The fourth-order valence-corrected chi connectivity index (χ4v) is 3.12. The number of ether oxygens (including phenoxy) is 1. The molecule has 2 N–H and O–H groups in total. The Morgan fingerprint density at radius 2 is 2.00 bits per heavy atom. The quantitative estimate of drug-likeness (QED) is 0.849. The van der Waals surface area contributed by atoms with E-state index in [1.807, 2.05) is 23.1 Å². The van der Waals surface area contributed by atoms with Crippen LogP contribution < -0.4 is 15.4 Å². The first-order valence-corrected chi connectivity index (χ1v) is 7.76. The molecule has 0 radical (unpaired) electrons. The number of carbonyl (C=O) groups is 1. The lowest BCUT2D eigenvalue weighted by Crippen LogP contribution is -2.35. The maximum absolute atomic E-state index is 12.2. The molecule has 114 valence electrons. The van der Waals surface area contributed by atoms with Crippen molar-refractivity contribution in [1.29, 1.82) is 0 Å². The molecule has 0 spiro atoms. The number of rotatable bonds is 6. The lowest BCUT2D eigenvalue weighted by Gasteiger charge is -2.22. The van der Waals surface area contributed by atoms with Crippen LogP contribution in [0.25, 0.3) is 0 Å². The van der Waals surface area contributed by atoms with E-state index in [-0.39, 0.29) is 5.91 Å². The third-order valence-corrected chi connectivity index (χ3v) is 4.21. The van der Waals surface area contributed by atoms with Gasteiger partial charge in [0.2, 0.25) is 5.91 Å². The predicted octanol–water partition coefficient (Wildman–Crippen LogP) is 1.01. The molecule has 5 nitrogen and oxygen atoms in total. The number of hydrogen-bond donors (Lipinski definition) is 1. The minimum Gasteiger partial charge on any atom is -0.492 e. The highest BCUT2D eigenvalue weighted by atomic mass is 16.5. The molecule has 0 aliphatic carbocycles. The zero-order chi connectivity index (χ0) is 14.7. The summed E-state index contributed by atoms with van der Waals surface area (Å²) in [6, 6.07) is 5.89. The molecule has 1 fully saturated rings. The summed E-state index contributed by atoms with van der Waals surface area (Å²) in [6.45, 7) is 5.09. The number of nitrogens with two attached hydrogens (primary N) is 1. The van der Waals surface area contributed by atoms with Gasteiger partial charge in [0.1, 0.15) is 12.4 Å². The summed E-state index contributed by atoms with van der Waals surface area (Å²) in [7, 11) is 0. The van der Waals surface area contributed by atoms with Crippen molar-refractivity contribution in [2.24, 2.45) is 5.73 Å². The number of anilines is 1. The molecule has 1 saturated heterocycles. The van der Waals surface area contributed by atoms with Gasteiger partial charge < -0.3 is 20.3 Å². The largest absolute Gasteiger partial charge is 0.492 e. The van der Waals surface area contributed by atoms with Gasteiger partial charge in [-0.1, -0.05) is 0 Å². The second-order valence-corrected chi connectivity index (χ2v) is 5.70. The summed E-state index contributed by atoms with van der Waals surface area (Å²) in [4.78, 5) is 16.6. The minimum absolute atomic E-state index is 0.195. The van der Waals surface area contributed by atoms with Crippen LogP contribution in [-0.2, 0) is 11.2 Å². The normalized spacial score (nSPS) is 18.3. The molecular weight excluding hydrogens is 266 g/mol. The molecule has 2 heterocycles. The van der Waals surface area contributed by atoms with E-state index in [4.69, 9.17) is 10.5 Å². The van der Waals surface area contributed by atoms with Crippen LogP contribution in [0.15, 0.2) is 18.2 Å². The van der Waals surface area contributed by atoms with E-state index >= 15 is 0 Å². The van der Waals surface area contributed by atoms with E-state index in [2.05, 4.69) is 4.90 Å². The topological polar surface area (TPSA) is 58.8 Å². The van der Waals surface area contributed by atoms with E-state index < -0.39 is 0 Å². The van der Waals surface area contributed by atoms with Crippen LogP contribution in [0.1, 0.15) is 18.4 Å². The molecule has 0 bridgehead atoms. The van der Waals surface area contributed by atoms with Crippen LogP contribution >= 0.6 is 0 Å². The van der Waals surface area contributed by atoms with Crippen molar-refractivity contribution in [3.8, 4) is 5.75 Å². The summed E-state index contributed by atoms with van der Waals surface area (Å²) in [6.07, 6.45) is 3.05. The minimum atomic E-state index is 0.195. The van der Waals surface area contributed by atoms with Crippen LogP contribution in [0.5, 0.6) is 5.75 Å². The van der Waals surface area contributed by atoms with Gasteiger partial charge in [-0.2, -0.15) is 0 Å². The number of amides is 1. The average molecular weight is 289 g/mol. The second kappa shape index (κ2) is 6.45. The Bertz CT molecular complexity index is 512. The third-order valence-electron chi connectivity index (χ3n) is 4.21. The van der Waals surface area contributed by atoms with Crippen molar-refractivity contribution >= 4 is 11.6 Å². The summed E-state index contributed by atoms with van der Waals surface area (Å²) in [5.74, 6) is 0.994. The number of fused-ring (bicyclic) bond motifs is 1. The van der Waals surface area contributed by atoms with Crippen molar-refractivity contribution in [2.45, 2.75) is 19.3 Å². The highest BCUT2D eigenvalue weighted by molar-refractivity contribution is 6.01. The van der Waals surface area contributed by atoms with Gasteiger partial charge >= 0.3 is 0 Å². The summed E-state index contributed by atoms with van der Waals surface area (Å²) >= 11 is 0. The standard InChI is InChI=1S/C16H23N3O2/c17-5-10-21-14-3-4-15-13(11-14)12-16(20)19(15)9-8-18-6-1-2-7-18/h3-4,11H,1-2,5-10,12,17H2. The molecule has 0 unspecified atom stereocenters. The Morgan fingerprint density at radius 3 is 2.76 bits per heavy atom. The Balaban J connectivity index is 1.66. The highest BCUT2D eigenvalue weighted by Gasteiger charge is 2.28. The van der Waals surface area contributed by atoms with Crippen molar-refractivity contribution in [2.75, 3.05) is 44.2 Å². The molecule has 1 aromatic rings. The number of likely N-dealkylation sites (tertiary alicyclic amines) is 1. The lowest BCUT2D eigenvalue weighted by atomic mass is 10.1. The SMILES string of the molecule is NCCOc1ccc2c(c1)CC(=O)N2CCN1CCCC1. The van der Waals surface area contributed by atoms with Gasteiger partial charge in [-0.15, -0.1) is 0 Å². The Labute approximate surface area is 125 Å². The summed E-state index contributed by atoms with van der Waals surface area (Å²) < 4.78 is 5.53. The van der Waals surface area contributed by atoms with Gasteiger partial charge in [-0.25, -0.2) is 0 Å². The van der Waals surface area contributed by atoms with E-state index in [1.165, 1.54) is 25.9 Å². The van der Waals surface area contributed by atoms with Gasteiger partial charge in [-0.05, 0) is 49.7 Å². The Morgan fingerprint density at radius 1 is 1.19 bits per heavy atom. The first-order valence-electron chi connectivity index (χ1n) is 7.76. The lowest BCUT2D eigenvalue weighted by molar-refractivity contribution is -0.117. The molecule has 0 saturated carbocycles. The first kappa shape index (κ1) is 14.4. The summed E-state index contributed by atoms with van der Waals surface area (Å²) in [5.41, 5.74) is 7.55. The fourth-order valence-electron chi connectivity index (χ4n) is 3.12. The molecule has 0 atom stereocenters. The molecule has 2 aliphatic heterocycles. The Hall–Kier alpha value is -1.59. The maximum Gasteiger partial charge on any atom is 0.231 e. The molecule has 21 heavy (non-hydrogen) atoms. The number of carbonyl (C=O) groups excluding carboxylic acids is 1. The maximum atomic E-state index is 12.2. The third kappa shape index (κ3) is 3.19. The fraction of sp³-hybridized carbons (Fsp3) is 0.562. The zero-order valence-electron chi connectivity index (χ0n) is 12.4. The van der Waals surface area contributed by atoms with Crippen molar-refractivity contribution < 1.29 is 9.53 Å². The van der Waals surface area contributed by atoms with Gasteiger partial charge in [0.05, 0.1) is 6.42 Å². The van der Waals surface area contributed by atoms with Crippen LogP contribution in [0.2, 0.25) is 0 Å². The first-order chi connectivity index (χ1) is 10.3. The molecule has 3 rings (SSSR count). The van der Waals surface area contributed by atoms with Crippen molar-refractivity contribution in [3.05, 3.63) is 23.8 Å². The van der Waals surface area contributed by atoms with Gasteiger partial charge in [0.15, 0.2) is 0 Å². The molecule has 2 aliphatic rings. The number of hydrogen-bond acceptors (Lipinski definition) is 4. The van der Waals surface area contributed by atoms with Crippen molar-refractivity contribution in [3.63, 3.8) is 0 Å². The van der Waals surface area contributed by atoms with Gasteiger partial charge in [0.25, 0.3) is 0 Å². The summed E-state index contributed by atoms with van der Waals surface area (Å²) in [5, 5.41) is 0. The second-order valence-electron chi connectivity index (χ2n) is 5.70. The van der Waals surface area contributed by atoms with E-state index in [9.17, 15) is 4.79 Å². The monoisotopic (exact) mass is 289 g/mol. The van der Waals surface area contributed by atoms with E-state index in [0.717, 1.165) is 30.1 Å². The van der Waals surface area contributed by atoms with Crippen LogP contribution in [0, 0.1) is 0 Å². The molecular formula is C16H23N3O2. The van der Waals surface area contributed by atoms with Crippen LogP contribution in [0.4, 0.5) is 5.69 Å². The number of nitrogens with zero attached hydrogens (tertiary/aromatic N) is 2. The van der Waals surface area contributed by atoms with E-state index in [1.54, 1.807) is 0 Å². The average Bonchev–Trinajstić information content (AvgIpc) is 3.09. The molecule has 0 aromatic heterocycles. The van der Waals surface area contributed by atoms with Crippen LogP contribution in [0.3, 0.4) is 0 Å². The zero-order valence-corrected chi connectivity index (χ0v) is 12.4. The van der Waals surface area contributed by atoms with Gasteiger partial charge in [-0.3, -0.25) is 4.79 Å².